The molecule has 1 aliphatic rings. The summed E-state index contributed by atoms with van der Waals surface area (Å²) in [4.78, 5) is 28.2. The van der Waals surface area contributed by atoms with Crippen molar-refractivity contribution >= 4 is 22.7 Å². The van der Waals surface area contributed by atoms with E-state index in [0.717, 1.165) is 27.8 Å². The molecule has 0 aliphatic heterocycles. The molecule has 1 fully saturated rings. The molecule has 4 aromatic rings. The van der Waals surface area contributed by atoms with Crippen molar-refractivity contribution in [1.29, 1.82) is 0 Å². The lowest BCUT2D eigenvalue weighted by atomic mass is 10.1. The minimum absolute atomic E-state index is 0.296. The summed E-state index contributed by atoms with van der Waals surface area (Å²) < 4.78 is 7.26. The van der Waals surface area contributed by atoms with Crippen LogP contribution in [0.5, 0.6) is 0 Å². The molecule has 2 amide bonds. The Balaban J connectivity index is 1.43. The lowest BCUT2D eigenvalue weighted by Gasteiger charge is -2.13. The average molecular weight is 415 g/mol. The quantitative estimate of drug-likeness (QED) is 0.470. The van der Waals surface area contributed by atoms with E-state index in [1.54, 1.807) is 6.92 Å². The van der Waals surface area contributed by atoms with Gasteiger partial charge < -0.3 is 20.1 Å². The van der Waals surface area contributed by atoms with Gasteiger partial charge in [-0.2, -0.15) is 4.98 Å². The standard InChI is InChI=1S/C23H21N5O3/c1-14-26-20(27-31-14)19-12-16-4-2-3-5-18(16)28(19)17-8-6-15(7-9-17)13-25-22(30)23(10-11-23)21(24)29/h2-9,12H,10-11,13H2,1H3,(H2,24,29)(H,25,30). The summed E-state index contributed by atoms with van der Waals surface area (Å²) >= 11 is 0. The highest BCUT2D eigenvalue weighted by Crippen LogP contribution is 2.45. The summed E-state index contributed by atoms with van der Waals surface area (Å²) in [5.74, 6) is 0.174. The number of amides is 2. The number of carbonyl (C=O) groups excluding carboxylic acids is 2. The largest absolute Gasteiger partial charge is 0.369 e. The maximum absolute atomic E-state index is 12.3. The molecule has 8 heteroatoms. The van der Waals surface area contributed by atoms with Gasteiger partial charge in [0.25, 0.3) is 0 Å². The second kappa shape index (κ2) is 7.09. The van der Waals surface area contributed by atoms with Gasteiger partial charge in [0.2, 0.25) is 23.5 Å². The average Bonchev–Trinajstić information content (AvgIpc) is 3.35. The highest BCUT2D eigenvalue weighted by atomic mass is 16.5. The molecule has 8 nitrogen and oxygen atoms in total. The van der Waals surface area contributed by atoms with E-state index in [4.69, 9.17) is 10.3 Å². The number of fused-ring (bicyclic) bond motifs is 1. The predicted octanol–water partition coefficient (Wildman–Crippen LogP) is 2.87. The van der Waals surface area contributed by atoms with E-state index in [1.165, 1.54) is 0 Å². The zero-order valence-electron chi connectivity index (χ0n) is 17.0. The van der Waals surface area contributed by atoms with Crippen molar-refractivity contribution < 1.29 is 14.1 Å². The maximum atomic E-state index is 12.3. The van der Waals surface area contributed by atoms with Gasteiger partial charge in [0.15, 0.2) is 0 Å². The number of nitrogens with zero attached hydrogens (tertiary/aromatic N) is 3. The minimum Gasteiger partial charge on any atom is -0.369 e. The maximum Gasteiger partial charge on any atom is 0.235 e. The molecule has 0 bridgehead atoms. The van der Waals surface area contributed by atoms with E-state index in [0.29, 0.717) is 31.1 Å². The fraction of sp³-hybridized carbons (Fsp3) is 0.217. The van der Waals surface area contributed by atoms with Crippen molar-refractivity contribution in [2.24, 2.45) is 11.1 Å². The Morgan fingerprint density at radius 2 is 1.90 bits per heavy atom. The van der Waals surface area contributed by atoms with Crippen LogP contribution in [0.3, 0.4) is 0 Å². The third-order valence-corrected chi connectivity index (χ3v) is 5.77. The number of carbonyl (C=O) groups is 2. The van der Waals surface area contributed by atoms with Gasteiger partial charge in [0, 0.05) is 24.5 Å². The summed E-state index contributed by atoms with van der Waals surface area (Å²) in [6.07, 6.45) is 1.04. The van der Waals surface area contributed by atoms with Crippen molar-refractivity contribution in [2.75, 3.05) is 0 Å². The molecule has 0 unspecified atom stereocenters. The van der Waals surface area contributed by atoms with Crippen LogP contribution in [0.4, 0.5) is 0 Å². The third-order valence-electron chi connectivity index (χ3n) is 5.77. The van der Waals surface area contributed by atoms with Gasteiger partial charge in [-0.25, -0.2) is 0 Å². The van der Waals surface area contributed by atoms with E-state index in [-0.39, 0.29) is 5.91 Å². The second-order valence-electron chi connectivity index (χ2n) is 7.86. The van der Waals surface area contributed by atoms with Crippen LogP contribution in [-0.4, -0.2) is 26.5 Å². The van der Waals surface area contributed by atoms with Gasteiger partial charge >= 0.3 is 0 Å². The minimum atomic E-state index is -1.01. The van der Waals surface area contributed by atoms with E-state index >= 15 is 0 Å². The first kappa shape index (κ1) is 19.0. The Bertz CT molecular complexity index is 1300. The topological polar surface area (TPSA) is 116 Å². The molecule has 0 radical (unpaired) electrons. The van der Waals surface area contributed by atoms with Crippen molar-refractivity contribution in [1.82, 2.24) is 20.0 Å². The lowest BCUT2D eigenvalue weighted by molar-refractivity contribution is -0.135. The smallest absolute Gasteiger partial charge is 0.235 e. The van der Waals surface area contributed by atoms with Crippen LogP contribution in [0.25, 0.3) is 28.1 Å². The molecule has 2 aromatic heterocycles. The Kier molecular flexibility index (Phi) is 4.35. The van der Waals surface area contributed by atoms with E-state index < -0.39 is 11.3 Å². The predicted molar refractivity (Wildman–Crippen MR) is 114 cm³/mol. The normalized spacial score (nSPS) is 14.5. The number of para-hydroxylation sites is 1. The monoisotopic (exact) mass is 415 g/mol. The van der Waals surface area contributed by atoms with E-state index in [9.17, 15) is 9.59 Å². The molecular weight excluding hydrogens is 394 g/mol. The van der Waals surface area contributed by atoms with Gasteiger partial charge in [-0.1, -0.05) is 35.5 Å². The van der Waals surface area contributed by atoms with Gasteiger partial charge in [-0.15, -0.1) is 0 Å². The second-order valence-corrected chi connectivity index (χ2v) is 7.86. The highest BCUT2D eigenvalue weighted by Gasteiger charge is 2.55. The van der Waals surface area contributed by atoms with Crippen molar-refractivity contribution in [3.63, 3.8) is 0 Å². The van der Waals surface area contributed by atoms with Crippen molar-refractivity contribution in [3.8, 4) is 17.2 Å². The Labute approximate surface area is 178 Å². The Morgan fingerprint density at radius 1 is 1.16 bits per heavy atom. The van der Waals surface area contributed by atoms with Crippen LogP contribution in [0, 0.1) is 12.3 Å². The van der Waals surface area contributed by atoms with Crippen LogP contribution in [-0.2, 0) is 16.1 Å². The summed E-state index contributed by atoms with van der Waals surface area (Å²) in [5.41, 5.74) is 8.07. The number of aryl methyl sites for hydroxylation is 1. The summed E-state index contributed by atoms with van der Waals surface area (Å²) in [6.45, 7) is 2.09. The van der Waals surface area contributed by atoms with E-state index in [1.807, 2.05) is 54.6 Å². The van der Waals surface area contributed by atoms with Crippen molar-refractivity contribution in [3.05, 3.63) is 66.1 Å². The number of nitrogens with two attached hydrogens (primary N) is 1. The lowest BCUT2D eigenvalue weighted by Crippen LogP contribution is -2.40. The highest BCUT2D eigenvalue weighted by molar-refractivity contribution is 6.07. The molecule has 31 heavy (non-hydrogen) atoms. The fourth-order valence-electron chi connectivity index (χ4n) is 3.83. The molecule has 1 saturated carbocycles. The molecule has 2 heterocycles. The number of benzene rings is 2. The molecule has 2 aromatic carbocycles. The number of primary amides is 1. The Hall–Kier alpha value is -3.94. The molecule has 5 rings (SSSR count). The van der Waals surface area contributed by atoms with Gasteiger partial charge in [0.1, 0.15) is 5.41 Å². The molecular formula is C23H21N5O3. The third kappa shape index (κ3) is 3.26. The first-order chi connectivity index (χ1) is 15.0. The summed E-state index contributed by atoms with van der Waals surface area (Å²) in [6, 6.07) is 17.9. The first-order valence-electron chi connectivity index (χ1n) is 10.1. The van der Waals surface area contributed by atoms with Crippen LogP contribution in [0.1, 0.15) is 24.3 Å². The van der Waals surface area contributed by atoms with Gasteiger partial charge in [-0.3, -0.25) is 9.59 Å². The molecule has 0 atom stereocenters. The number of rotatable bonds is 6. The number of aromatic nitrogens is 3. The van der Waals surface area contributed by atoms with Crippen LogP contribution in [0.15, 0.2) is 59.1 Å². The number of hydrogen-bond acceptors (Lipinski definition) is 5. The molecule has 3 N–H and O–H groups in total. The van der Waals surface area contributed by atoms with E-state index in [2.05, 4.69) is 20.0 Å². The van der Waals surface area contributed by atoms with Crippen LogP contribution < -0.4 is 11.1 Å². The van der Waals surface area contributed by atoms with Crippen LogP contribution >= 0.6 is 0 Å². The van der Waals surface area contributed by atoms with Crippen molar-refractivity contribution in [2.45, 2.75) is 26.3 Å². The zero-order valence-corrected chi connectivity index (χ0v) is 17.0. The molecule has 156 valence electrons. The number of hydrogen-bond donors (Lipinski definition) is 2. The zero-order chi connectivity index (χ0) is 21.6. The van der Waals surface area contributed by atoms with Gasteiger partial charge in [0.05, 0.1) is 11.2 Å². The Morgan fingerprint density at radius 3 is 2.55 bits per heavy atom. The van der Waals surface area contributed by atoms with Gasteiger partial charge in [-0.05, 0) is 42.7 Å². The fourth-order valence-corrected chi connectivity index (χ4v) is 3.83. The summed E-state index contributed by atoms with van der Waals surface area (Å²) in [5, 5.41) is 7.98. The SMILES string of the molecule is Cc1nc(-c2cc3ccccc3n2-c2ccc(CNC(=O)C3(C(N)=O)CC3)cc2)no1. The molecule has 0 saturated heterocycles. The first-order valence-corrected chi connectivity index (χ1v) is 10.1. The van der Waals surface area contributed by atoms with Crippen LogP contribution in [0.2, 0.25) is 0 Å². The molecule has 1 aliphatic carbocycles. The molecule has 0 spiro atoms. The summed E-state index contributed by atoms with van der Waals surface area (Å²) in [7, 11) is 0. The number of nitrogens with one attached hydrogen (secondary N) is 1.